The fourth-order valence-corrected chi connectivity index (χ4v) is 4.10. The molecule has 2 aromatic rings. The van der Waals surface area contributed by atoms with Crippen LogP contribution in [0.2, 0.25) is 0 Å². The minimum Gasteiger partial charge on any atom is -0.493 e. The predicted octanol–water partition coefficient (Wildman–Crippen LogP) is 3.45. The van der Waals surface area contributed by atoms with E-state index in [1.54, 1.807) is 29.9 Å². The second kappa shape index (κ2) is 11.2. The van der Waals surface area contributed by atoms with Crippen molar-refractivity contribution in [1.29, 1.82) is 0 Å². The first-order valence-corrected chi connectivity index (χ1v) is 11.3. The molecule has 0 bridgehead atoms. The Morgan fingerprint density at radius 2 is 1.97 bits per heavy atom. The van der Waals surface area contributed by atoms with Crippen LogP contribution in [0.4, 0.5) is 0 Å². The molecule has 174 valence electrons. The summed E-state index contributed by atoms with van der Waals surface area (Å²) < 4.78 is 18.1. The second-order valence-corrected chi connectivity index (χ2v) is 8.14. The molecule has 1 unspecified atom stereocenters. The standard InChI is InChI=1S/C25H34N2O5/c1-5-26(17-20-8-6-7-15-32-20)24(28)23-18(2)11-13-27(25(23)29)14-12-19-9-10-21(30-3)22(16-19)31-4/h9-11,13,16,20H,5-8,12,14-15,17H2,1-4H3. The number of aromatic nitrogens is 1. The smallest absolute Gasteiger partial charge is 0.263 e. The number of amides is 1. The van der Waals surface area contributed by atoms with Crippen LogP contribution >= 0.6 is 0 Å². The van der Waals surface area contributed by atoms with Gasteiger partial charge in [-0.05, 0) is 68.9 Å². The van der Waals surface area contributed by atoms with Crippen molar-refractivity contribution in [3.63, 3.8) is 0 Å². The number of aryl methyl sites for hydroxylation is 3. The molecule has 0 N–H and O–H groups in total. The number of carbonyl (C=O) groups excluding carboxylic acids is 1. The first-order chi connectivity index (χ1) is 15.5. The summed E-state index contributed by atoms with van der Waals surface area (Å²) in [7, 11) is 3.20. The monoisotopic (exact) mass is 442 g/mol. The maximum Gasteiger partial charge on any atom is 0.263 e. The van der Waals surface area contributed by atoms with Gasteiger partial charge in [-0.15, -0.1) is 0 Å². The highest BCUT2D eigenvalue weighted by Crippen LogP contribution is 2.27. The van der Waals surface area contributed by atoms with Crippen molar-refractivity contribution in [3.8, 4) is 11.5 Å². The topological polar surface area (TPSA) is 70.0 Å². The molecular formula is C25H34N2O5. The van der Waals surface area contributed by atoms with Gasteiger partial charge in [-0.3, -0.25) is 9.59 Å². The van der Waals surface area contributed by atoms with Gasteiger partial charge in [0.2, 0.25) is 0 Å². The average Bonchev–Trinajstić information content (AvgIpc) is 2.82. The molecule has 0 saturated carbocycles. The SMILES string of the molecule is CCN(CC1CCCCO1)C(=O)c1c(C)ccn(CCc2ccc(OC)c(OC)c2)c1=O. The molecule has 7 nitrogen and oxygen atoms in total. The van der Waals surface area contributed by atoms with Crippen LogP contribution in [0.1, 0.15) is 47.7 Å². The summed E-state index contributed by atoms with van der Waals surface area (Å²) in [5.41, 5.74) is 1.72. The number of ether oxygens (including phenoxy) is 3. The summed E-state index contributed by atoms with van der Waals surface area (Å²) in [6, 6.07) is 7.56. The summed E-state index contributed by atoms with van der Waals surface area (Å²) in [5.74, 6) is 1.10. The molecule has 0 aliphatic carbocycles. The Hall–Kier alpha value is -2.80. The highest BCUT2D eigenvalue weighted by atomic mass is 16.5. The number of likely N-dealkylation sites (N-methyl/N-ethyl adjacent to an activating group) is 1. The first-order valence-electron chi connectivity index (χ1n) is 11.3. The van der Waals surface area contributed by atoms with Crippen LogP contribution in [0.15, 0.2) is 35.3 Å². The summed E-state index contributed by atoms with van der Waals surface area (Å²) in [4.78, 5) is 28.3. The Labute approximate surface area is 189 Å². The number of hydrogen-bond donors (Lipinski definition) is 0. The van der Waals surface area contributed by atoms with Gasteiger partial charge in [0.15, 0.2) is 11.5 Å². The van der Waals surface area contributed by atoms with E-state index in [0.29, 0.717) is 43.1 Å². The molecular weight excluding hydrogens is 408 g/mol. The Balaban J connectivity index is 1.77. The fraction of sp³-hybridized carbons (Fsp3) is 0.520. The summed E-state index contributed by atoms with van der Waals surface area (Å²) in [6.07, 6.45) is 5.57. The number of methoxy groups -OCH3 is 2. The highest BCUT2D eigenvalue weighted by Gasteiger charge is 2.25. The molecule has 1 amide bonds. The molecule has 1 aromatic carbocycles. The lowest BCUT2D eigenvalue weighted by atomic mass is 10.1. The van der Waals surface area contributed by atoms with E-state index in [-0.39, 0.29) is 23.1 Å². The van der Waals surface area contributed by atoms with E-state index in [0.717, 1.165) is 31.4 Å². The molecule has 1 aliphatic rings. The van der Waals surface area contributed by atoms with E-state index in [1.807, 2.05) is 38.1 Å². The van der Waals surface area contributed by atoms with Crippen LogP contribution in [-0.2, 0) is 17.7 Å². The maximum atomic E-state index is 13.3. The van der Waals surface area contributed by atoms with Gasteiger partial charge in [-0.1, -0.05) is 6.07 Å². The average molecular weight is 443 g/mol. The highest BCUT2D eigenvalue weighted by molar-refractivity contribution is 5.95. The van der Waals surface area contributed by atoms with Crippen LogP contribution in [0.3, 0.4) is 0 Å². The molecule has 32 heavy (non-hydrogen) atoms. The molecule has 3 rings (SSSR count). The third kappa shape index (κ3) is 5.51. The number of rotatable bonds is 9. The zero-order valence-electron chi connectivity index (χ0n) is 19.6. The van der Waals surface area contributed by atoms with Crippen molar-refractivity contribution in [2.45, 2.75) is 52.2 Å². The minimum atomic E-state index is -0.251. The number of benzene rings is 1. The molecule has 1 fully saturated rings. The Kier molecular flexibility index (Phi) is 8.33. The minimum absolute atomic E-state index is 0.0453. The van der Waals surface area contributed by atoms with Gasteiger partial charge >= 0.3 is 0 Å². The van der Waals surface area contributed by atoms with Crippen molar-refractivity contribution in [2.75, 3.05) is 33.9 Å². The van der Waals surface area contributed by atoms with Crippen molar-refractivity contribution in [3.05, 3.63) is 57.5 Å². The molecule has 1 atom stereocenters. The second-order valence-electron chi connectivity index (χ2n) is 8.14. The number of nitrogens with zero attached hydrogens (tertiary/aromatic N) is 2. The van der Waals surface area contributed by atoms with Crippen molar-refractivity contribution in [2.24, 2.45) is 0 Å². The van der Waals surface area contributed by atoms with Crippen LogP contribution in [0.25, 0.3) is 0 Å². The van der Waals surface area contributed by atoms with E-state index in [9.17, 15) is 9.59 Å². The third-order valence-electron chi connectivity index (χ3n) is 6.04. The first kappa shape index (κ1) is 23.9. The van der Waals surface area contributed by atoms with Crippen LogP contribution in [-0.4, -0.2) is 55.4 Å². The third-order valence-corrected chi connectivity index (χ3v) is 6.04. The zero-order chi connectivity index (χ0) is 23.1. The normalized spacial score (nSPS) is 15.9. The predicted molar refractivity (Wildman–Crippen MR) is 124 cm³/mol. The lowest BCUT2D eigenvalue weighted by Gasteiger charge is -2.29. The van der Waals surface area contributed by atoms with Gasteiger partial charge in [0.1, 0.15) is 5.56 Å². The van der Waals surface area contributed by atoms with Crippen molar-refractivity contribution >= 4 is 5.91 Å². The van der Waals surface area contributed by atoms with E-state index in [4.69, 9.17) is 14.2 Å². The Bertz CT molecular complexity index is 979. The van der Waals surface area contributed by atoms with E-state index < -0.39 is 0 Å². The molecule has 0 radical (unpaired) electrons. The van der Waals surface area contributed by atoms with E-state index in [2.05, 4.69) is 0 Å². The number of pyridine rings is 1. The summed E-state index contributed by atoms with van der Waals surface area (Å²) in [5, 5.41) is 0. The number of hydrogen-bond acceptors (Lipinski definition) is 5. The summed E-state index contributed by atoms with van der Waals surface area (Å²) >= 11 is 0. The number of carbonyl (C=O) groups is 1. The fourth-order valence-electron chi connectivity index (χ4n) is 4.10. The van der Waals surface area contributed by atoms with Gasteiger partial charge < -0.3 is 23.7 Å². The van der Waals surface area contributed by atoms with Crippen LogP contribution < -0.4 is 15.0 Å². The van der Waals surface area contributed by atoms with Crippen LogP contribution in [0.5, 0.6) is 11.5 Å². The molecule has 1 aliphatic heterocycles. The summed E-state index contributed by atoms with van der Waals surface area (Å²) in [6.45, 7) is 6.02. The molecule has 1 aromatic heterocycles. The van der Waals surface area contributed by atoms with Crippen molar-refractivity contribution in [1.82, 2.24) is 9.47 Å². The quantitative estimate of drug-likeness (QED) is 0.595. The van der Waals surface area contributed by atoms with Gasteiger partial charge in [-0.2, -0.15) is 0 Å². The molecule has 1 saturated heterocycles. The van der Waals surface area contributed by atoms with Gasteiger partial charge in [0.25, 0.3) is 11.5 Å². The Morgan fingerprint density at radius 1 is 1.19 bits per heavy atom. The largest absolute Gasteiger partial charge is 0.493 e. The lowest BCUT2D eigenvalue weighted by molar-refractivity contribution is -0.00318. The van der Waals surface area contributed by atoms with Gasteiger partial charge in [0.05, 0.1) is 20.3 Å². The zero-order valence-corrected chi connectivity index (χ0v) is 19.6. The van der Waals surface area contributed by atoms with E-state index >= 15 is 0 Å². The maximum absolute atomic E-state index is 13.3. The molecule has 7 heteroatoms. The van der Waals surface area contributed by atoms with Gasteiger partial charge in [-0.25, -0.2) is 0 Å². The molecule has 2 heterocycles. The van der Waals surface area contributed by atoms with E-state index in [1.165, 1.54) is 0 Å². The van der Waals surface area contributed by atoms with Crippen LogP contribution in [0, 0.1) is 6.92 Å². The Morgan fingerprint density at radius 3 is 2.62 bits per heavy atom. The molecule has 0 spiro atoms. The van der Waals surface area contributed by atoms with Crippen molar-refractivity contribution < 1.29 is 19.0 Å². The lowest BCUT2D eigenvalue weighted by Crippen LogP contribution is -2.42. The van der Waals surface area contributed by atoms with Gasteiger partial charge in [0, 0.05) is 32.4 Å².